The van der Waals surface area contributed by atoms with Gasteiger partial charge in [-0.3, -0.25) is 29.8 Å². The van der Waals surface area contributed by atoms with Gasteiger partial charge in [0.15, 0.2) is 0 Å². The largest absolute Gasteiger partial charge is 0.491 e. The second kappa shape index (κ2) is 11.2. The van der Waals surface area contributed by atoms with Crippen molar-refractivity contribution < 1.29 is 23.9 Å². The van der Waals surface area contributed by atoms with Crippen LogP contribution in [0, 0.1) is 5.92 Å². The van der Waals surface area contributed by atoms with Crippen LogP contribution in [-0.2, 0) is 9.59 Å². The predicted octanol–water partition coefficient (Wildman–Crippen LogP) is 3.91. The van der Waals surface area contributed by atoms with Crippen LogP contribution in [0.1, 0.15) is 44.1 Å². The maximum atomic E-state index is 11.6. The van der Waals surface area contributed by atoms with Crippen LogP contribution in [0.3, 0.4) is 0 Å². The lowest BCUT2D eigenvalue weighted by Crippen LogP contribution is -2.18. The summed E-state index contributed by atoms with van der Waals surface area (Å²) in [6, 6.07) is 5.43. The number of nitrogen functional groups attached to an aromatic ring is 1. The first-order valence-electron chi connectivity index (χ1n) is 10.1. The molecule has 1 saturated carbocycles. The van der Waals surface area contributed by atoms with Crippen LogP contribution in [0.2, 0.25) is 0 Å². The van der Waals surface area contributed by atoms with Crippen molar-refractivity contribution >= 4 is 57.6 Å². The van der Waals surface area contributed by atoms with Gasteiger partial charge in [-0.1, -0.05) is 49.9 Å². The lowest BCUT2D eigenvalue weighted by atomic mass is 9.87. The molecule has 0 aromatic heterocycles. The van der Waals surface area contributed by atoms with Crippen LogP contribution >= 0.6 is 23.5 Å². The first kappa shape index (κ1) is 23.2. The average Bonchev–Trinajstić information content (AvgIpc) is 3.27. The standard InChI is InChI=1S/C18H22N2O3S.C3H3NO2S/c19-14-10-13(11-16-17(21)20-18(22)24-16)6-7-15(14)23-9-8-12-4-2-1-3-5-12;5-2-1-7-3(6)4-2/h6-7,10-12H,1-5,8-9,19H2,(H,20,21,22);1H2,(H,4,5,6). The van der Waals surface area contributed by atoms with E-state index in [0.717, 1.165) is 41.4 Å². The molecule has 2 aliphatic heterocycles. The van der Waals surface area contributed by atoms with Crippen molar-refractivity contribution in [2.24, 2.45) is 5.92 Å². The van der Waals surface area contributed by atoms with Crippen molar-refractivity contribution in [1.82, 2.24) is 10.6 Å². The second-order valence-corrected chi connectivity index (χ2v) is 9.38. The number of carbonyl (C=O) groups is 4. The summed E-state index contributed by atoms with van der Waals surface area (Å²) < 4.78 is 5.82. The lowest BCUT2D eigenvalue weighted by Gasteiger charge is -2.21. The molecule has 0 radical (unpaired) electrons. The maximum Gasteiger partial charge on any atom is 0.290 e. The van der Waals surface area contributed by atoms with Gasteiger partial charge in [-0.05, 0) is 47.9 Å². The van der Waals surface area contributed by atoms with Gasteiger partial charge in [-0.25, -0.2) is 0 Å². The number of nitrogens with one attached hydrogen (secondary N) is 2. The number of thioether (sulfide) groups is 2. The smallest absolute Gasteiger partial charge is 0.290 e. The molecule has 166 valence electrons. The number of hydrogen-bond donors (Lipinski definition) is 3. The van der Waals surface area contributed by atoms with E-state index < -0.39 is 0 Å². The van der Waals surface area contributed by atoms with E-state index in [1.54, 1.807) is 12.1 Å². The normalized spacial score (nSPS) is 20.3. The highest BCUT2D eigenvalue weighted by molar-refractivity contribution is 8.18. The number of benzene rings is 1. The minimum Gasteiger partial charge on any atom is -0.491 e. The second-order valence-electron chi connectivity index (χ2n) is 7.41. The van der Waals surface area contributed by atoms with Gasteiger partial charge >= 0.3 is 0 Å². The van der Waals surface area contributed by atoms with E-state index in [1.165, 1.54) is 32.1 Å². The van der Waals surface area contributed by atoms with Crippen molar-refractivity contribution in [3.05, 3.63) is 28.7 Å². The number of imide groups is 2. The molecule has 4 amide bonds. The molecule has 31 heavy (non-hydrogen) atoms. The first-order chi connectivity index (χ1) is 14.9. The minimum absolute atomic E-state index is 0.185. The zero-order valence-electron chi connectivity index (χ0n) is 17.0. The maximum absolute atomic E-state index is 11.6. The fraction of sp³-hybridized carbons (Fsp3) is 0.429. The number of anilines is 1. The highest BCUT2D eigenvalue weighted by Crippen LogP contribution is 2.30. The fourth-order valence-electron chi connectivity index (χ4n) is 3.49. The highest BCUT2D eigenvalue weighted by Gasteiger charge is 2.25. The Labute approximate surface area is 189 Å². The van der Waals surface area contributed by atoms with Gasteiger partial charge in [0.25, 0.3) is 16.4 Å². The molecule has 1 aromatic carbocycles. The summed E-state index contributed by atoms with van der Waals surface area (Å²) >= 11 is 1.90. The number of hydrogen-bond acceptors (Lipinski definition) is 8. The molecule has 4 rings (SSSR count). The summed E-state index contributed by atoms with van der Waals surface area (Å²) in [6.45, 7) is 0.683. The molecule has 1 aromatic rings. The van der Waals surface area contributed by atoms with Gasteiger partial charge in [0.2, 0.25) is 5.91 Å². The zero-order chi connectivity index (χ0) is 22.2. The Hall–Kier alpha value is -2.46. The molecule has 10 heteroatoms. The third kappa shape index (κ3) is 7.32. The summed E-state index contributed by atoms with van der Waals surface area (Å²) in [5, 5.41) is 3.76. The molecule has 0 bridgehead atoms. The zero-order valence-corrected chi connectivity index (χ0v) is 18.6. The number of nitrogens with two attached hydrogens (primary N) is 1. The third-order valence-electron chi connectivity index (χ3n) is 5.06. The van der Waals surface area contributed by atoms with Gasteiger partial charge in [-0.2, -0.15) is 0 Å². The Kier molecular flexibility index (Phi) is 8.42. The van der Waals surface area contributed by atoms with Crippen molar-refractivity contribution in [2.45, 2.75) is 38.5 Å². The molecule has 1 aliphatic carbocycles. The highest BCUT2D eigenvalue weighted by atomic mass is 32.2. The Bertz CT molecular complexity index is 883. The molecule has 0 unspecified atom stereocenters. The van der Waals surface area contributed by atoms with Gasteiger partial charge < -0.3 is 10.5 Å². The van der Waals surface area contributed by atoms with E-state index >= 15 is 0 Å². The van der Waals surface area contributed by atoms with Crippen LogP contribution in [0.5, 0.6) is 5.75 Å². The molecular formula is C21H25N3O5S2. The molecule has 0 spiro atoms. The monoisotopic (exact) mass is 463 g/mol. The topological polar surface area (TPSA) is 128 Å². The molecule has 3 fully saturated rings. The Balaban J connectivity index is 0.000000330. The van der Waals surface area contributed by atoms with Crippen LogP contribution in [-0.4, -0.2) is 34.7 Å². The van der Waals surface area contributed by atoms with E-state index in [4.69, 9.17) is 10.5 Å². The fourth-order valence-corrected chi connectivity index (χ4v) is 4.69. The predicted molar refractivity (Wildman–Crippen MR) is 123 cm³/mol. The third-order valence-corrected chi connectivity index (χ3v) is 6.64. The van der Waals surface area contributed by atoms with Crippen LogP contribution in [0.15, 0.2) is 23.1 Å². The quantitative estimate of drug-likeness (QED) is 0.443. The molecule has 0 atom stereocenters. The van der Waals surface area contributed by atoms with Crippen LogP contribution in [0.25, 0.3) is 6.08 Å². The number of ether oxygens (including phenoxy) is 1. The molecule has 3 aliphatic rings. The lowest BCUT2D eigenvalue weighted by molar-refractivity contribution is -0.117. The Morgan fingerprint density at radius 3 is 2.39 bits per heavy atom. The van der Waals surface area contributed by atoms with Gasteiger partial charge in [0, 0.05) is 0 Å². The summed E-state index contributed by atoms with van der Waals surface area (Å²) in [7, 11) is 0. The Morgan fingerprint density at radius 1 is 1.06 bits per heavy atom. The van der Waals surface area contributed by atoms with E-state index in [2.05, 4.69) is 10.6 Å². The number of amides is 4. The summed E-state index contributed by atoms with van der Waals surface area (Å²) in [5.41, 5.74) is 7.37. The molecule has 4 N–H and O–H groups in total. The number of carbonyl (C=O) groups excluding carboxylic acids is 4. The van der Waals surface area contributed by atoms with Gasteiger partial charge in [-0.15, -0.1) is 0 Å². The molecule has 8 nitrogen and oxygen atoms in total. The summed E-state index contributed by atoms with van der Waals surface area (Å²) in [5.74, 6) is 1.19. The van der Waals surface area contributed by atoms with E-state index in [1.807, 2.05) is 12.1 Å². The molecule has 2 heterocycles. The SMILES string of the molecule is Nc1cc(C=C2SC(=O)NC2=O)ccc1OCCC1CCCCC1.O=C1CSC(=O)N1. The average molecular weight is 464 g/mol. The summed E-state index contributed by atoms with van der Waals surface area (Å²) in [4.78, 5) is 43.3. The Morgan fingerprint density at radius 2 is 1.84 bits per heavy atom. The number of rotatable bonds is 5. The first-order valence-corrected chi connectivity index (χ1v) is 11.9. The van der Waals surface area contributed by atoms with E-state index in [9.17, 15) is 19.2 Å². The van der Waals surface area contributed by atoms with Crippen LogP contribution < -0.4 is 21.1 Å². The van der Waals surface area contributed by atoms with Crippen molar-refractivity contribution in [2.75, 3.05) is 18.1 Å². The van der Waals surface area contributed by atoms with E-state index in [0.29, 0.717) is 28.7 Å². The molecular weight excluding hydrogens is 438 g/mol. The van der Waals surface area contributed by atoms with E-state index in [-0.39, 0.29) is 22.3 Å². The van der Waals surface area contributed by atoms with Gasteiger partial charge in [0.1, 0.15) is 5.75 Å². The van der Waals surface area contributed by atoms with Crippen LogP contribution in [0.4, 0.5) is 15.3 Å². The molecule has 2 saturated heterocycles. The van der Waals surface area contributed by atoms with Gasteiger partial charge in [0.05, 0.1) is 23.0 Å². The van der Waals surface area contributed by atoms with Crippen molar-refractivity contribution in [1.29, 1.82) is 0 Å². The van der Waals surface area contributed by atoms with Crippen molar-refractivity contribution in [3.8, 4) is 5.75 Å². The minimum atomic E-state index is -0.364. The summed E-state index contributed by atoms with van der Waals surface area (Å²) in [6.07, 6.45) is 9.39. The van der Waals surface area contributed by atoms with Crippen molar-refractivity contribution in [3.63, 3.8) is 0 Å².